The lowest BCUT2D eigenvalue weighted by atomic mass is 10.1. The fraction of sp³-hybridized carbons (Fsp3) is 0.667. The Morgan fingerprint density at radius 3 is 2.43 bits per heavy atom. The molecule has 0 bridgehead atoms. The summed E-state index contributed by atoms with van der Waals surface area (Å²) >= 11 is 0. The summed E-state index contributed by atoms with van der Waals surface area (Å²) in [6.45, 7) is 28.2. The van der Waals surface area contributed by atoms with E-state index in [2.05, 4.69) is 59.5 Å². The Hall–Kier alpha value is -3.26. The molecular weight excluding hydrogens is 637 g/mol. The van der Waals surface area contributed by atoms with Crippen molar-refractivity contribution in [2.24, 2.45) is 0 Å². The van der Waals surface area contributed by atoms with Crippen LogP contribution < -0.4 is 9.64 Å². The lowest BCUT2D eigenvalue weighted by molar-refractivity contribution is 0.0134. The normalized spacial score (nSPS) is 18.4. The minimum Gasteiger partial charge on any atom is -0.491 e. The Morgan fingerprint density at radius 1 is 1.00 bits per heavy atom. The van der Waals surface area contributed by atoms with Gasteiger partial charge in [0.15, 0.2) is 0 Å². The van der Waals surface area contributed by atoms with Crippen LogP contribution >= 0.6 is 0 Å². The number of hydrogen-bond acceptors (Lipinski definition) is 10. The summed E-state index contributed by atoms with van der Waals surface area (Å²) in [5, 5.41) is 6.01. The molecule has 2 aromatic heterocycles. The molecule has 12 nitrogen and oxygen atoms in total. The van der Waals surface area contributed by atoms with Crippen LogP contribution in [0.4, 0.5) is 10.6 Å². The van der Waals surface area contributed by atoms with E-state index in [1.54, 1.807) is 6.33 Å². The number of hydrogen-bond donors (Lipinski definition) is 0. The van der Waals surface area contributed by atoms with Gasteiger partial charge in [-0.25, -0.2) is 19.4 Å². The summed E-state index contributed by atoms with van der Waals surface area (Å²) in [5.41, 5.74) is 2.12. The SMILES string of the molecule is CC(C)Oc1ccc2c(c1)c(-c1cc(N3CCN(CCN4CCN(C(=O)OC(C)(C)C)CC4)[C@@H](C)C3)ncn1)nn2COCC[Si](C)(C)C. The second-order valence-electron chi connectivity index (χ2n) is 15.9. The molecule has 2 fully saturated rings. The van der Waals surface area contributed by atoms with Crippen LogP contribution in [0, 0.1) is 0 Å². The first kappa shape index (κ1) is 37.0. The third-order valence-corrected chi connectivity index (χ3v) is 10.7. The van der Waals surface area contributed by atoms with Crippen molar-refractivity contribution in [3.8, 4) is 17.1 Å². The number of fused-ring (bicyclic) bond motifs is 1. The summed E-state index contributed by atoms with van der Waals surface area (Å²) in [7, 11) is -1.19. The van der Waals surface area contributed by atoms with Crippen LogP contribution in [0.15, 0.2) is 30.6 Å². The highest BCUT2D eigenvalue weighted by Crippen LogP contribution is 2.32. The van der Waals surface area contributed by atoms with Crippen LogP contribution in [0.3, 0.4) is 0 Å². The maximum absolute atomic E-state index is 12.5. The van der Waals surface area contributed by atoms with E-state index in [0.29, 0.717) is 25.9 Å². The number of carbonyl (C=O) groups is 1. The summed E-state index contributed by atoms with van der Waals surface area (Å²) in [5.74, 6) is 1.73. The predicted molar refractivity (Wildman–Crippen MR) is 198 cm³/mol. The fourth-order valence-electron chi connectivity index (χ4n) is 6.26. The Labute approximate surface area is 293 Å². The lowest BCUT2D eigenvalue weighted by Gasteiger charge is -2.42. The van der Waals surface area contributed by atoms with Gasteiger partial charge < -0.3 is 24.0 Å². The number of benzene rings is 1. The first-order chi connectivity index (χ1) is 23.1. The minimum atomic E-state index is -1.19. The van der Waals surface area contributed by atoms with E-state index in [-0.39, 0.29) is 12.2 Å². The van der Waals surface area contributed by atoms with Gasteiger partial charge in [0.05, 0.1) is 17.3 Å². The Balaban J connectivity index is 1.21. The molecule has 0 N–H and O–H groups in total. The van der Waals surface area contributed by atoms with Crippen molar-refractivity contribution >= 4 is 30.9 Å². The van der Waals surface area contributed by atoms with Crippen molar-refractivity contribution in [2.45, 2.75) is 91.7 Å². The molecule has 2 saturated heterocycles. The van der Waals surface area contributed by atoms with E-state index in [0.717, 1.165) is 92.3 Å². The Kier molecular flexibility index (Phi) is 11.9. The molecule has 1 atom stereocenters. The Bertz CT molecular complexity index is 1540. The number of ether oxygens (including phenoxy) is 3. The smallest absolute Gasteiger partial charge is 0.410 e. The molecule has 4 heterocycles. The first-order valence-electron chi connectivity index (χ1n) is 17.9. The van der Waals surface area contributed by atoms with Crippen LogP contribution in [0.5, 0.6) is 5.75 Å². The molecule has 0 aliphatic carbocycles. The van der Waals surface area contributed by atoms with Crippen molar-refractivity contribution in [3.05, 3.63) is 30.6 Å². The van der Waals surface area contributed by atoms with Crippen molar-refractivity contribution in [1.82, 2.24) is 34.4 Å². The van der Waals surface area contributed by atoms with Crippen molar-refractivity contribution in [1.29, 1.82) is 0 Å². The van der Waals surface area contributed by atoms with E-state index in [4.69, 9.17) is 29.3 Å². The molecule has 0 spiro atoms. The number of nitrogens with zero attached hydrogens (tertiary/aromatic N) is 8. The monoisotopic (exact) mass is 694 g/mol. The van der Waals surface area contributed by atoms with Gasteiger partial charge in [-0.1, -0.05) is 19.6 Å². The van der Waals surface area contributed by atoms with E-state index in [9.17, 15) is 4.79 Å². The van der Waals surface area contributed by atoms with Gasteiger partial charge in [0.25, 0.3) is 0 Å². The number of anilines is 1. The molecule has 270 valence electrons. The van der Waals surface area contributed by atoms with E-state index in [1.165, 1.54) is 0 Å². The van der Waals surface area contributed by atoms with Crippen molar-refractivity contribution < 1.29 is 19.0 Å². The molecule has 5 rings (SSSR count). The van der Waals surface area contributed by atoms with E-state index < -0.39 is 13.7 Å². The highest BCUT2D eigenvalue weighted by atomic mass is 28.3. The van der Waals surface area contributed by atoms with E-state index >= 15 is 0 Å². The number of carbonyl (C=O) groups excluding carboxylic acids is 1. The molecule has 1 aromatic carbocycles. The zero-order valence-electron chi connectivity index (χ0n) is 31.2. The molecule has 2 aliphatic heterocycles. The molecule has 49 heavy (non-hydrogen) atoms. The van der Waals surface area contributed by atoms with Gasteiger partial charge in [0.2, 0.25) is 0 Å². The summed E-state index contributed by atoms with van der Waals surface area (Å²) < 4.78 is 19.7. The molecule has 0 saturated carbocycles. The maximum atomic E-state index is 12.5. The summed E-state index contributed by atoms with van der Waals surface area (Å²) in [4.78, 5) is 31.1. The molecule has 0 radical (unpaired) electrons. The zero-order valence-corrected chi connectivity index (χ0v) is 32.2. The number of piperazine rings is 2. The minimum absolute atomic E-state index is 0.0709. The fourth-order valence-corrected chi connectivity index (χ4v) is 7.01. The predicted octanol–water partition coefficient (Wildman–Crippen LogP) is 5.66. The third kappa shape index (κ3) is 10.4. The molecule has 1 amide bonds. The molecule has 3 aromatic rings. The van der Waals surface area contributed by atoms with Gasteiger partial charge in [0.1, 0.15) is 35.9 Å². The van der Waals surface area contributed by atoms with E-state index in [1.807, 2.05) is 50.3 Å². The van der Waals surface area contributed by atoms with Gasteiger partial charge in [0, 0.05) is 91.1 Å². The largest absolute Gasteiger partial charge is 0.491 e. The van der Waals surface area contributed by atoms with Gasteiger partial charge in [-0.3, -0.25) is 9.80 Å². The van der Waals surface area contributed by atoms with Gasteiger partial charge in [-0.05, 0) is 65.8 Å². The van der Waals surface area contributed by atoms with Crippen LogP contribution in [-0.4, -0.2) is 132 Å². The number of rotatable bonds is 12. The molecule has 13 heteroatoms. The number of amides is 1. The van der Waals surface area contributed by atoms with Crippen molar-refractivity contribution in [3.63, 3.8) is 0 Å². The first-order valence-corrected chi connectivity index (χ1v) is 21.6. The molecular formula is C36H58N8O4Si. The Morgan fingerprint density at radius 2 is 1.76 bits per heavy atom. The second kappa shape index (κ2) is 15.7. The third-order valence-electron chi connectivity index (χ3n) is 9.02. The second-order valence-corrected chi connectivity index (χ2v) is 21.6. The lowest BCUT2D eigenvalue weighted by Crippen LogP contribution is -2.55. The van der Waals surface area contributed by atoms with Gasteiger partial charge >= 0.3 is 6.09 Å². The van der Waals surface area contributed by atoms with Crippen LogP contribution in [0.1, 0.15) is 41.5 Å². The average molecular weight is 695 g/mol. The molecule has 0 unspecified atom stereocenters. The van der Waals surface area contributed by atoms with Crippen molar-refractivity contribution in [2.75, 3.05) is 70.4 Å². The highest BCUT2D eigenvalue weighted by molar-refractivity contribution is 6.76. The topological polar surface area (TPSA) is 101 Å². The quantitative estimate of drug-likeness (QED) is 0.175. The average Bonchev–Trinajstić information content (AvgIpc) is 3.39. The van der Waals surface area contributed by atoms with Gasteiger partial charge in [-0.15, -0.1) is 0 Å². The van der Waals surface area contributed by atoms with Crippen LogP contribution in [-0.2, 0) is 16.2 Å². The van der Waals surface area contributed by atoms with Gasteiger partial charge in [-0.2, -0.15) is 5.10 Å². The van der Waals surface area contributed by atoms with Crippen LogP contribution in [0.25, 0.3) is 22.3 Å². The summed E-state index contributed by atoms with van der Waals surface area (Å²) in [6.07, 6.45) is 1.52. The number of aromatic nitrogens is 4. The summed E-state index contributed by atoms with van der Waals surface area (Å²) in [6, 6.07) is 9.69. The molecule has 2 aliphatic rings. The highest BCUT2D eigenvalue weighted by Gasteiger charge is 2.28. The van der Waals surface area contributed by atoms with Crippen LogP contribution in [0.2, 0.25) is 25.7 Å². The zero-order chi connectivity index (χ0) is 35.3. The standard InChI is InChI=1S/C36H58N8O4Si/c1-27(2)47-29-10-11-32-30(22-29)34(39-44(32)26-46-20-21-49(7,8)9)31-23-33(38-25-37-31)43-19-18-41(28(3)24-43)15-12-40-13-16-42(17-14-40)35(45)48-36(4,5)6/h10-11,22-23,25,27-28H,12-21,24,26H2,1-9H3/t28-/m0/s1. The maximum Gasteiger partial charge on any atom is 0.410 e.